The van der Waals surface area contributed by atoms with Crippen LogP contribution in [0.5, 0.6) is 0 Å². The van der Waals surface area contributed by atoms with Crippen LogP contribution in [0.2, 0.25) is 0 Å². The standard InChI is InChI=1S/C30H20N2O2/c1-31-23-13-11-17-7-3-5-9-19(17)27(23)29(33)21-16-26-22(15-25(21)31)30(34)28-20-10-6-4-8-18(20)12-14-24(28)32(26)2/h3-16H,1-2H3. The van der Waals surface area contributed by atoms with Gasteiger partial charge in [0.15, 0.2) is 10.9 Å². The van der Waals surface area contributed by atoms with Gasteiger partial charge in [0.05, 0.1) is 32.8 Å². The lowest BCUT2D eigenvalue weighted by molar-refractivity contribution is 0.995. The van der Waals surface area contributed by atoms with Crippen molar-refractivity contribution in [1.82, 2.24) is 9.13 Å². The molecule has 0 amide bonds. The second-order valence-electron chi connectivity index (χ2n) is 9.02. The van der Waals surface area contributed by atoms with Crippen molar-refractivity contribution in [3.8, 4) is 0 Å². The summed E-state index contributed by atoms with van der Waals surface area (Å²) in [6.45, 7) is 0. The Morgan fingerprint density at radius 2 is 0.882 bits per heavy atom. The number of nitrogens with zero attached hydrogens (tertiary/aromatic N) is 2. The minimum atomic E-state index is -0.00661. The molecule has 0 aliphatic heterocycles. The summed E-state index contributed by atoms with van der Waals surface area (Å²) in [6, 6.07) is 27.8. The second kappa shape index (κ2) is 6.55. The average Bonchev–Trinajstić information content (AvgIpc) is 2.88. The lowest BCUT2D eigenvalue weighted by atomic mass is 9.99. The SMILES string of the molecule is Cn1c2cc3c(=O)c4c5ccccc5ccc4n(C)c3cc2c(=O)c2c3ccccc3ccc21. The molecule has 0 saturated carbocycles. The Kier molecular flexibility index (Phi) is 3.67. The summed E-state index contributed by atoms with van der Waals surface area (Å²) >= 11 is 0. The van der Waals surface area contributed by atoms with E-state index >= 15 is 0 Å². The summed E-state index contributed by atoms with van der Waals surface area (Å²) in [4.78, 5) is 27.7. The fourth-order valence-electron chi connectivity index (χ4n) is 5.58. The molecule has 7 aromatic rings. The number of aromatic nitrogens is 2. The van der Waals surface area contributed by atoms with Gasteiger partial charge in [-0.2, -0.15) is 0 Å². The summed E-state index contributed by atoms with van der Waals surface area (Å²) < 4.78 is 4.06. The lowest BCUT2D eigenvalue weighted by Crippen LogP contribution is -2.14. The van der Waals surface area contributed by atoms with E-state index in [1.54, 1.807) is 0 Å². The van der Waals surface area contributed by atoms with Crippen LogP contribution in [0.1, 0.15) is 0 Å². The van der Waals surface area contributed by atoms with Crippen molar-refractivity contribution in [1.29, 1.82) is 0 Å². The number of fused-ring (bicyclic) bond motifs is 8. The van der Waals surface area contributed by atoms with Gasteiger partial charge in [0, 0.05) is 24.9 Å². The van der Waals surface area contributed by atoms with E-state index in [1.165, 1.54) is 0 Å². The highest BCUT2D eigenvalue weighted by Gasteiger charge is 2.17. The summed E-state index contributed by atoms with van der Waals surface area (Å²) in [6.07, 6.45) is 0. The second-order valence-corrected chi connectivity index (χ2v) is 9.02. The highest BCUT2D eigenvalue weighted by Crippen LogP contribution is 2.30. The van der Waals surface area contributed by atoms with Crippen molar-refractivity contribution in [2.45, 2.75) is 0 Å². The van der Waals surface area contributed by atoms with Gasteiger partial charge in [-0.25, -0.2) is 0 Å². The van der Waals surface area contributed by atoms with Crippen molar-refractivity contribution in [2.75, 3.05) is 0 Å². The Morgan fingerprint density at radius 3 is 1.32 bits per heavy atom. The Balaban J connectivity index is 1.74. The van der Waals surface area contributed by atoms with Crippen LogP contribution in [-0.4, -0.2) is 9.13 Å². The molecule has 0 unspecified atom stereocenters. The highest BCUT2D eigenvalue weighted by molar-refractivity contribution is 6.13. The fourth-order valence-corrected chi connectivity index (χ4v) is 5.58. The molecule has 0 bridgehead atoms. The third-order valence-corrected chi connectivity index (χ3v) is 7.32. The van der Waals surface area contributed by atoms with Crippen LogP contribution in [-0.2, 0) is 14.1 Å². The van der Waals surface area contributed by atoms with Gasteiger partial charge in [0.25, 0.3) is 0 Å². The van der Waals surface area contributed by atoms with Crippen LogP contribution in [0.25, 0.3) is 65.2 Å². The first-order chi connectivity index (χ1) is 16.5. The topological polar surface area (TPSA) is 44.0 Å². The molecule has 0 spiro atoms. The van der Waals surface area contributed by atoms with Gasteiger partial charge in [0.2, 0.25) is 0 Å². The van der Waals surface area contributed by atoms with E-state index in [9.17, 15) is 9.59 Å². The molecule has 2 aromatic heterocycles. The molecule has 4 nitrogen and oxygen atoms in total. The summed E-state index contributed by atoms with van der Waals surface area (Å²) in [5.41, 5.74) is 3.23. The lowest BCUT2D eigenvalue weighted by Gasteiger charge is -2.16. The van der Waals surface area contributed by atoms with Crippen LogP contribution >= 0.6 is 0 Å². The molecule has 0 radical (unpaired) electrons. The molecule has 162 valence electrons. The molecule has 0 N–H and O–H groups in total. The monoisotopic (exact) mass is 440 g/mol. The molecule has 0 atom stereocenters. The molecular formula is C30H20N2O2. The van der Waals surface area contributed by atoms with Gasteiger partial charge in [-0.15, -0.1) is 0 Å². The third kappa shape index (κ3) is 2.32. The van der Waals surface area contributed by atoms with Gasteiger partial charge in [-0.05, 0) is 45.8 Å². The van der Waals surface area contributed by atoms with Gasteiger partial charge >= 0.3 is 0 Å². The van der Waals surface area contributed by atoms with Gasteiger partial charge in [-0.3, -0.25) is 9.59 Å². The molecule has 0 aliphatic rings. The quantitative estimate of drug-likeness (QED) is 0.214. The Hall–Kier alpha value is -4.44. The fraction of sp³-hybridized carbons (Fsp3) is 0.0667. The maximum atomic E-state index is 13.8. The zero-order valence-corrected chi connectivity index (χ0v) is 18.8. The highest BCUT2D eigenvalue weighted by atomic mass is 16.1. The van der Waals surface area contributed by atoms with Crippen molar-refractivity contribution >= 4 is 65.2 Å². The Bertz CT molecular complexity index is 1980. The summed E-state index contributed by atoms with van der Waals surface area (Å²) in [5.74, 6) is 0. The number of rotatable bonds is 0. The molecule has 0 aliphatic carbocycles. The maximum Gasteiger partial charge on any atom is 0.197 e. The molecule has 7 rings (SSSR count). The first-order valence-electron chi connectivity index (χ1n) is 11.3. The first-order valence-corrected chi connectivity index (χ1v) is 11.3. The van der Waals surface area contributed by atoms with E-state index in [0.29, 0.717) is 21.5 Å². The minimum absolute atomic E-state index is 0.00661. The zero-order chi connectivity index (χ0) is 23.1. The molecule has 5 aromatic carbocycles. The number of hydrogen-bond acceptors (Lipinski definition) is 2. The van der Waals surface area contributed by atoms with Crippen molar-refractivity contribution in [3.63, 3.8) is 0 Å². The van der Waals surface area contributed by atoms with E-state index < -0.39 is 0 Å². The van der Waals surface area contributed by atoms with Crippen LogP contribution in [0, 0.1) is 0 Å². The number of pyridine rings is 2. The molecular weight excluding hydrogens is 420 g/mol. The Labute approximate surface area is 193 Å². The van der Waals surface area contributed by atoms with Crippen LogP contribution in [0.4, 0.5) is 0 Å². The first kappa shape index (κ1) is 19.1. The van der Waals surface area contributed by atoms with Gasteiger partial charge < -0.3 is 9.13 Å². The van der Waals surface area contributed by atoms with Crippen molar-refractivity contribution in [2.24, 2.45) is 14.1 Å². The van der Waals surface area contributed by atoms with E-state index in [2.05, 4.69) is 0 Å². The van der Waals surface area contributed by atoms with E-state index in [4.69, 9.17) is 0 Å². The minimum Gasteiger partial charge on any atom is -0.343 e. The smallest absolute Gasteiger partial charge is 0.197 e. The van der Waals surface area contributed by atoms with Crippen LogP contribution in [0.3, 0.4) is 0 Å². The van der Waals surface area contributed by atoms with E-state index in [-0.39, 0.29) is 10.9 Å². The van der Waals surface area contributed by atoms with Crippen LogP contribution < -0.4 is 10.9 Å². The summed E-state index contributed by atoms with van der Waals surface area (Å²) in [5, 5.41) is 6.63. The molecule has 0 saturated heterocycles. The molecule has 34 heavy (non-hydrogen) atoms. The molecule has 2 heterocycles. The molecule has 4 heteroatoms. The van der Waals surface area contributed by atoms with Gasteiger partial charge in [-0.1, -0.05) is 60.7 Å². The van der Waals surface area contributed by atoms with Gasteiger partial charge in [0.1, 0.15) is 0 Å². The predicted octanol–water partition coefficient (Wildman–Crippen LogP) is 6.00. The average molecular weight is 441 g/mol. The van der Waals surface area contributed by atoms with Crippen LogP contribution in [0.15, 0.2) is 94.5 Å². The number of benzene rings is 5. The van der Waals surface area contributed by atoms with Crippen molar-refractivity contribution in [3.05, 3.63) is 105 Å². The maximum absolute atomic E-state index is 13.8. The van der Waals surface area contributed by atoms with E-state index in [1.807, 2.05) is 108 Å². The summed E-state index contributed by atoms with van der Waals surface area (Å²) in [7, 11) is 3.93. The number of aryl methyl sites for hydroxylation is 2. The number of hydrogen-bond donors (Lipinski definition) is 0. The van der Waals surface area contributed by atoms with Crippen molar-refractivity contribution < 1.29 is 0 Å². The van der Waals surface area contributed by atoms with E-state index in [0.717, 1.165) is 43.6 Å². The zero-order valence-electron chi connectivity index (χ0n) is 18.8. The third-order valence-electron chi connectivity index (χ3n) is 7.32. The predicted molar refractivity (Wildman–Crippen MR) is 142 cm³/mol. The molecule has 0 fully saturated rings. The largest absolute Gasteiger partial charge is 0.343 e. The normalized spacial score (nSPS) is 12.1. The Morgan fingerprint density at radius 1 is 0.471 bits per heavy atom.